The summed E-state index contributed by atoms with van der Waals surface area (Å²) >= 11 is 0. The van der Waals surface area contributed by atoms with Crippen molar-refractivity contribution in [2.75, 3.05) is 25.6 Å². The van der Waals surface area contributed by atoms with Crippen LogP contribution in [0.4, 0.5) is 11.4 Å². The van der Waals surface area contributed by atoms with Crippen LogP contribution in [-0.4, -0.2) is 25.3 Å². The molecule has 124 valence electrons. The summed E-state index contributed by atoms with van der Waals surface area (Å²) in [6.07, 6.45) is 1.56. The topological polar surface area (TPSA) is 76.4 Å². The fourth-order valence-electron chi connectivity index (χ4n) is 2.79. The van der Waals surface area contributed by atoms with Gasteiger partial charge in [0.2, 0.25) is 0 Å². The first-order chi connectivity index (χ1) is 12.3. The Morgan fingerprint density at radius 2 is 1.96 bits per heavy atom. The molecule has 2 heterocycles. The Morgan fingerprint density at radius 1 is 1.12 bits per heavy atom. The molecule has 0 amide bonds. The highest BCUT2D eigenvalue weighted by atomic mass is 16.6. The van der Waals surface area contributed by atoms with Crippen molar-refractivity contribution in [3.63, 3.8) is 0 Å². The molecule has 6 heteroatoms. The van der Waals surface area contributed by atoms with Crippen molar-refractivity contribution in [2.24, 2.45) is 0 Å². The van der Waals surface area contributed by atoms with Crippen LogP contribution in [0.2, 0.25) is 0 Å². The molecule has 4 rings (SSSR count). The van der Waals surface area contributed by atoms with E-state index in [4.69, 9.17) is 14.2 Å². The van der Waals surface area contributed by atoms with Gasteiger partial charge in [-0.25, -0.2) is 0 Å². The average molecular weight is 333 g/mol. The lowest BCUT2D eigenvalue weighted by Crippen LogP contribution is -2.15. The third-order valence-electron chi connectivity index (χ3n) is 4.01. The summed E-state index contributed by atoms with van der Waals surface area (Å²) in [7, 11) is 1.61. The van der Waals surface area contributed by atoms with Gasteiger partial charge in [-0.15, -0.1) is 0 Å². The maximum absolute atomic E-state index is 9.45. The lowest BCUT2D eigenvalue weighted by molar-refractivity contribution is 0.171. The van der Waals surface area contributed by atoms with Crippen molar-refractivity contribution in [1.29, 1.82) is 5.26 Å². The van der Waals surface area contributed by atoms with E-state index < -0.39 is 0 Å². The lowest BCUT2D eigenvalue weighted by Gasteiger charge is -2.19. The maximum atomic E-state index is 9.45. The fraction of sp³-hybridized carbons (Fsp3) is 0.158. The summed E-state index contributed by atoms with van der Waals surface area (Å²) in [6, 6.07) is 13.4. The van der Waals surface area contributed by atoms with Crippen LogP contribution in [0.15, 0.2) is 42.6 Å². The first kappa shape index (κ1) is 15.1. The molecule has 0 fully saturated rings. The minimum absolute atomic E-state index is 0.465. The number of nitriles is 1. The molecule has 0 saturated heterocycles. The number of rotatable bonds is 3. The van der Waals surface area contributed by atoms with Gasteiger partial charge in [0.25, 0.3) is 0 Å². The smallest absolute Gasteiger partial charge is 0.163 e. The quantitative estimate of drug-likeness (QED) is 0.789. The Balaban J connectivity index is 1.79. The molecule has 0 bridgehead atoms. The van der Waals surface area contributed by atoms with Gasteiger partial charge in [-0.2, -0.15) is 5.26 Å². The van der Waals surface area contributed by atoms with Crippen LogP contribution in [0.25, 0.3) is 10.9 Å². The first-order valence-corrected chi connectivity index (χ1v) is 7.82. The number of fused-ring (bicyclic) bond motifs is 2. The number of hydrogen-bond acceptors (Lipinski definition) is 6. The minimum Gasteiger partial charge on any atom is -0.497 e. The number of hydrogen-bond donors (Lipinski definition) is 1. The number of methoxy groups -OCH3 is 1. The summed E-state index contributed by atoms with van der Waals surface area (Å²) in [5.74, 6) is 2.13. The minimum atomic E-state index is 0.465. The van der Waals surface area contributed by atoms with Crippen LogP contribution in [-0.2, 0) is 0 Å². The highest BCUT2D eigenvalue weighted by Crippen LogP contribution is 2.36. The number of nitrogens with one attached hydrogen (secondary N) is 1. The summed E-state index contributed by atoms with van der Waals surface area (Å²) in [4.78, 5) is 4.35. The van der Waals surface area contributed by atoms with Gasteiger partial charge in [-0.3, -0.25) is 4.98 Å². The molecule has 2 aromatic carbocycles. The van der Waals surface area contributed by atoms with Crippen LogP contribution >= 0.6 is 0 Å². The predicted octanol–water partition coefficient (Wildman–Crippen LogP) is 3.63. The molecule has 0 aliphatic carbocycles. The van der Waals surface area contributed by atoms with Gasteiger partial charge in [0.15, 0.2) is 11.5 Å². The van der Waals surface area contributed by atoms with Gasteiger partial charge in [0.1, 0.15) is 25.0 Å². The molecule has 0 atom stereocenters. The molecule has 1 aromatic heterocycles. The standard InChI is InChI=1S/C19H15N3O3/c1-23-14-3-4-15-16(9-14)21-11-12(10-20)19(15)22-13-2-5-17-18(8-13)25-7-6-24-17/h2-5,8-9,11H,6-7H2,1H3,(H,21,22). The van der Waals surface area contributed by atoms with Gasteiger partial charge >= 0.3 is 0 Å². The van der Waals surface area contributed by atoms with Crippen molar-refractivity contribution in [2.45, 2.75) is 0 Å². The van der Waals surface area contributed by atoms with Crippen molar-refractivity contribution >= 4 is 22.3 Å². The summed E-state index contributed by atoms with van der Waals surface area (Å²) in [6.45, 7) is 1.08. The molecular weight excluding hydrogens is 318 g/mol. The summed E-state index contributed by atoms with van der Waals surface area (Å²) in [5, 5.41) is 13.6. The maximum Gasteiger partial charge on any atom is 0.163 e. The second-order valence-electron chi connectivity index (χ2n) is 5.53. The molecule has 1 aliphatic heterocycles. The van der Waals surface area contributed by atoms with Gasteiger partial charge in [0.05, 0.1) is 23.9 Å². The van der Waals surface area contributed by atoms with Gasteiger partial charge in [-0.05, 0) is 24.3 Å². The number of aromatic nitrogens is 1. The van der Waals surface area contributed by atoms with E-state index in [1.807, 2.05) is 36.4 Å². The largest absolute Gasteiger partial charge is 0.497 e. The van der Waals surface area contributed by atoms with Crippen LogP contribution < -0.4 is 19.5 Å². The van der Waals surface area contributed by atoms with E-state index in [1.165, 1.54) is 0 Å². The Labute approximate surface area is 144 Å². The number of nitrogens with zero attached hydrogens (tertiary/aromatic N) is 2. The van der Waals surface area contributed by atoms with Gasteiger partial charge in [0, 0.05) is 29.4 Å². The number of benzene rings is 2. The van der Waals surface area contributed by atoms with Crippen molar-refractivity contribution in [3.05, 3.63) is 48.2 Å². The van der Waals surface area contributed by atoms with E-state index in [1.54, 1.807) is 13.3 Å². The van der Waals surface area contributed by atoms with Crippen LogP contribution in [0.1, 0.15) is 5.56 Å². The Kier molecular flexibility index (Phi) is 3.75. The van der Waals surface area contributed by atoms with E-state index in [0.717, 1.165) is 28.1 Å². The number of pyridine rings is 1. The Hall–Kier alpha value is -3.46. The fourth-order valence-corrected chi connectivity index (χ4v) is 2.79. The number of ether oxygens (including phenoxy) is 3. The molecule has 1 aliphatic rings. The van der Waals surface area contributed by atoms with Crippen LogP contribution in [0, 0.1) is 11.3 Å². The monoisotopic (exact) mass is 333 g/mol. The zero-order valence-corrected chi connectivity index (χ0v) is 13.6. The van der Waals surface area contributed by atoms with Crippen molar-refractivity contribution in [1.82, 2.24) is 4.98 Å². The molecule has 0 saturated carbocycles. The second kappa shape index (κ2) is 6.21. The third-order valence-corrected chi connectivity index (χ3v) is 4.01. The molecule has 6 nitrogen and oxygen atoms in total. The number of anilines is 2. The summed E-state index contributed by atoms with van der Waals surface area (Å²) in [5.41, 5.74) is 2.72. The van der Waals surface area contributed by atoms with Crippen LogP contribution in [0.3, 0.4) is 0 Å². The highest BCUT2D eigenvalue weighted by Gasteiger charge is 2.14. The second-order valence-corrected chi connectivity index (χ2v) is 5.53. The van der Waals surface area contributed by atoms with Crippen LogP contribution in [0.5, 0.6) is 17.2 Å². The van der Waals surface area contributed by atoms with Gasteiger partial charge < -0.3 is 19.5 Å². The average Bonchev–Trinajstić information content (AvgIpc) is 2.67. The Bertz CT molecular complexity index is 995. The molecule has 3 aromatic rings. The zero-order valence-electron chi connectivity index (χ0n) is 13.6. The zero-order chi connectivity index (χ0) is 17.2. The molecule has 0 unspecified atom stereocenters. The molecule has 1 N–H and O–H groups in total. The van der Waals surface area contributed by atoms with Crippen molar-refractivity contribution < 1.29 is 14.2 Å². The van der Waals surface area contributed by atoms with E-state index in [-0.39, 0.29) is 0 Å². The first-order valence-electron chi connectivity index (χ1n) is 7.82. The molecule has 0 spiro atoms. The van der Waals surface area contributed by atoms with Crippen molar-refractivity contribution in [3.8, 4) is 23.3 Å². The van der Waals surface area contributed by atoms with E-state index >= 15 is 0 Å². The van der Waals surface area contributed by atoms with E-state index in [0.29, 0.717) is 30.2 Å². The molecular formula is C19H15N3O3. The van der Waals surface area contributed by atoms with E-state index in [2.05, 4.69) is 16.4 Å². The van der Waals surface area contributed by atoms with Gasteiger partial charge in [-0.1, -0.05) is 0 Å². The SMILES string of the molecule is COc1ccc2c(Nc3ccc4c(c3)OCCO4)c(C#N)cnc2c1. The van der Waals surface area contributed by atoms with E-state index in [9.17, 15) is 5.26 Å². The third kappa shape index (κ3) is 2.76. The predicted molar refractivity (Wildman–Crippen MR) is 93.7 cm³/mol. The summed E-state index contributed by atoms with van der Waals surface area (Å²) < 4.78 is 16.4. The normalized spacial score (nSPS) is 12.5. The lowest BCUT2D eigenvalue weighted by atomic mass is 10.1. The molecule has 25 heavy (non-hydrogen) atoms. The highest BCUT2D eigenvalue weighted by molar-refractivity contribution is 5.96. The molecule has 0 radical (unpaired) electrons. The Morgan fingerprint density at radius 3 is 2.76 bits per heavy atom.